The van der Waals surface area contributed by atoms with Gasteiger partial charge < -0.3 is 15.5 Å². The molecular formula is C30H36Cl2N6O3S. The van der Waals surface area contributed by atoms with Gasteiger partial charge in [-0.15, -0.1) is 0 Å². The molecule has 0 saturated heterocycles. The van der Waals surface area contributed by atoms with E-state index in [9.17, 15) is 14.4 Å². The second kappa shape index (κ2) is 14.9. The van der Waals surface area contributed by atoms with E-state index in [0.717, 1.165) is 5.56 Å². The van der Waals surface area contributed by atoms with Crippen molar-refractivity contribution in [3.63, 3.8) is 0 Å². The first kappa shape index (κ1) is 31.8. The van der Waals surface area contributed by atoms with E-state index in [1.165, 1.54) is 0 Å². The van der Waals surface area contributed by atoms with Crippen molar-refractivity contribution in [2.75, 3.05) is 25.1 Å². The van der Waals surface area contributed by atoms with Crippen molar-refractivity contribution < 1.29 is 14.4 Å². The molecule has 3 aromatic rings. The van der Waals surface area contributed by atoms with Crippen LogP contribution in [-0.2, 0) is 16.1 Å². The highest BCUT2D eigenvalue weighted by atomic mass is 35.5. The van der Waals surface area contributed by atoms with Crippen LogP contribution in [0.15, 0.2) is 48.5 Å². The zero-order valence-corrected chi connectivity index (χ0v) is 26.3. The first-order valence-electron chi connectivity index (χ1n) is 14.0. The number of rotatable bonds is 6. The Hall–Kier alpha value is -3.08. The molecule has 0 aliphatic carbocycles. The maximum atomic E-state index is 13.7. The summed E-state index contributed by atoms with van der Waals surface area (Å²) in [5.74, 6) is 1.00. The lowest BCUT2D eigenvalue weighted by Crippen LogP contribution is -2.49. The number of carbonyl (C=O) groups is 3. The molecule has 9 nitrogen and oxygen atoms in total. The van der Waals surface area contributed by atoms with Crippen LogP contribution in [0.1, 0.15) is 55.3 Å². The van der Waals surface area contributed by atoms with Crippen LogP contribution >= 0.6 is 35.0 Å². The van der Waals surface area contributed by atoms with E-state index in [1.807, 2.05) is 50.4 Å². The lowest BCUT2D eigenvalue weighted by Gasteiger charge is -2.28. The van der Waals surface area contributed by atoms with Gasteiger partial charge in [-0.25, -0.2) is 9.67 Å². The number of aromatic nitrogens is 3. The van der Waals surface area contributed by atoms with Gasteiger partial charge in [-0.05, 0) is 42.9 Å². The fourth-order valence-corrected chi connectivity index (χ4v) is 5.67. The van der Waals surface area contributed by atoms with Gasteiger partial charge in [0, 0.05) is 25.1 Å². The first-order valence-corrected chi connectivity index (χ1v) is 16.2. The average Bonchev–Trinajstić information content (AvgIpc) is 3.40. The number of thioether (sulfide) groups is 1. The Balaban J connectivity index is 1.75. The summed E-state index contributed by atoms with van der Waals surface area (Å²) in [4.78, 5) is 46.7. The molecule has 2 aromatic carbocycles. The van der Waals surface area contributed by atoms with Crippen molar-refractivity contribution in [3.05, 3.63) is 70.0 Å². The van der Waals surface area contributed by atoms with Crippen molar-refractivity contribution in [2.24, 2.45) is 5.92 Å². The second-order valence-corrected chi connectivity index (χ2v) is 12.3. The summed E-state index contributed by atoms with van der Waals surface area (Å²) >= 11 is 14.2. The van der Waals surface area contributed by atoms with Gasteiger partial charge in [0.05, 0.1) is 28.2 Å². The number of benzene rings is 2. The molecular weight excluding hydrogens is 595 g/mol. The summed E-state index contributed by atoms with van der Waals surface area (Å²) in [6.07, 6.45) is 3.02. The van der Waals surface area contributed by atoms with Crippen molar-refractivity contribution in [1.29, 1.82) is 0 Å². The van der Waals surface area contributed by atoms with E-state index in [1.54, 1.807) is 39.5 Å². The molecule has 2 heterocycles. The van der Waals surface area contributed by atoms with E-state index in [-0.39, 0.29) is 41.6 Å². The van der Waals surface area contributed by atoms with Crippen molar-refractivity contribution >= 4 is 52.7 Å². The van der Waals surface area contributed by atoms with Gasteiger partial charge in [-0.2, -0.15) is 16.9 Å². The van der Waals surface area contributed by atoms with Crippen molar-refractivity contribution in [1.82, 2.24) is 30.3 Å². The summed E-state index contributed by atoms with van der Waals surface area (Å²) in [7, 11) is 0. The smallest absolute Gasteiger partial charge is 0.255 e. The van der Waals surface area contributed by atoms with Gasteiger partial charge >= 0.3 is 0 Å². The molecule has 0 spiro atoms. The van der Waals surface area contributed by atoms with Crippen molar-refractivity contribution in [3.8, 4) is 11.4 Å². The average molecular weight is 632 g/mol. The largest absolute Gasteiger partial charge is 0.344 e. The Morgan fingerprint density at radius 2 is 1.81 bits per heavy atom. The van der Waals surface area contributed by atoms with Crippen LogP contribution in [0.3, 0.4) is 0 Å². The maximum Gasteiger partial charge on any atom is 0.255 e. The number of fused-ring (bicyclic) bond motifs is 1. The minimum atomic E-state index is -0.692. The molecule has 224 valence electrons. The normalized spacial score (nSPS) is 18.7. The molecule has 0 radical (unpaired) electrons. The highest BCUT2D eigenvalue weighted by molar-refractivity contribution is 7.98. The number of hydrogen-bond acceptors (Lipinski definition) is 6. The standard InChI is InChI=1S/C30H36Cl2N6O3S/c1-19(2)26-28-35-27(20-9-5-4-6-10-20)36-38(28)17-16-37(30(41)21-11-7-12-22(31)25(21)32)15-8-13-24(39)33-23(14-18-42-3)29(40)34-26/h4-7,9-12,19,23,26H,8,13-18H2,1-3H3,(H,33,39)(H,34,40)/t23-,26+/m0/s1. The molecule has 1 aliphatic rings. The molecule has 0 unspecified atom stereocenters. The van der Waals surface area contributed by atoms with E-state index in [0.29, 0.717) is 53.9 Å². The van der Waals surface area contributed by atoms with Gasteiger partial charge in [0.2, 0.25) is 11.8 Å². The quantitative estimate of drug-likeness (QED) is 0.385. The number of nitrogens with zero attached hydrogens (tertiary/aromatic N) is 4. The minimum absolute atomic E-state index is 0.0340. The van der Waals surface area contributed by atoms with Gasteiger partial charge in [0.25, 0.3) is 5.91 Å². The van der Waals surface area contributed by atoms with Gasteiger partial charge in [-0.3, -0.25) is 14.4 Å². The highest BCUT2D eigenvalue weighted by Crippen LogP contribution is 2.28. The molecule has 1 aromatic heterocycles. The zero-order valence-electron chi connectivity index (χ0n) is 24.0. The van der Waals surface area contributed by atoms with Gasteiger partial charge in [0.15, 0.2) is 11.6 Å². The van der Waals surface area contributed by atoms with Crippen LogP contribution in [0.2, 0.25) is 10.0 Å². The van der Waals surface area contributed by atoms with E-state index in [4.69, 9.17) is 33.3 Å². The summed E-state index contributed by atoms with van der Waals surface area (Å²) in [6, 6.07) is 13.4. The fraction of sp³-hybridized carbons (Fsp3) is 0.433. The van der Waals surface area contributed by atoms with Crippen LogP contribution < -0.4 is 10.6 Å². The lowest BCUT2D eigenvalue weighted by atomic mass is 10.0. The Morgan fingerprint density at radius 1 is 1.05 bits per heavy atom. The van der Waals surface area contributed by atoms with Crippen LogP contribution in [0.4, 0.5) is 0 Å². The molecule has 2 N–H and O–H groups in total. The Morgan fingerprint density at radius 3 is 2.52 bits per heavy atom. The lowest BCUT2D eigenvalue weighted by molar-refractivity contribution is -0.129. The summed E-state index contributed by atoms with van der Waals surface area (Å²) in [5, 5.41) is 11.4. The molecule has 3 amide bonds. The Bertz CT molecular complexity index is 1400. The minimum Gasteiger partial charge on any atom is -0.344 e. The predicted molar refractivity (Wildman–Crippen MR) is 168 cm³/mol. The number of nitrogens with one attached hydrogen (secondary N) is 2. The molecule has 4 rings (SSSR count). The fourth-order valence-electron chi connectivity index (χ4n) is 4.81. The number of halogens is 2. The van der Waals surface area contributed by atoms with Crippen LogP contribution in [0.25, 0.3) is 11.4 Å². The number of carbonyl (C=O) groups excluding carboxylic acids is 3. The SMILES string of the molecule is CSCC[C@@H]1NC(=O)CCCN(C(=O)c2cccc(Cl)c2Cl)CCn2nc(-c3ccccc3)nc2[C@@H](C(C)C)NC1=O. The summed E-state index contributed by atoms with van der Waals surface area (Å²) < 4.78 is 1.77. The predicted octanol–water partition coefficient (Wildman–Crippen LogP) is 5.24. The van der Waals surface area contributed by atoms with Crippen molar-refractivity contribution in [2.45, 2.75) is 51.7 Å². The molecule has 12 heteroatoms. The Labute approximate surface area is 260 Å². The van der Waals surface area contributed by atoms with Gasteiger partial charge in [-0.1, -0.05) is 73.4 Å². The molecule has 0 bridgehead atoms. The first-order chi connectivity index (χ1) is 20.2. The molecule has 1 aliphatic heterocycles. The Kier molecular flexibility index (Phi) is 11.3. The molecule has 42 heavy (non-hydrogen) atoms. The third kappa shape index (κ3) is 7.85. The molecule has 2 atom stereocenters. The molecule has 0 saturated carbocycles. The summed E-state index contributed by atoms with van der Waals surface area (Å²) in [6.45, 7) is 4.91. The second-order valence-electron chi connectivity index (χ2n) is 10.5. The number of amides is 3. The monoisotopic (exact) mass is 630 g/mol. The van der Waals surface area contributed by atoms with Gasteiger partial charge in [0.1, 0.15) is 6.04 Å². The van der Waals surface area contributed by atoms with E-state index < -0.39 is 12.1 Å². The maximum absolute atomic E-state index is 13.7. The van der Waals surface area contributed by atoms with E-state index in [2.05, 4.69) is 10.6 Å². The third-order valence-electron chi connectivity index (χ3n) is 7.12. The van der Waals surface area contributed by atoms with E-state index >= 15 is 0 Å². The topological polar surface area (TPSA) is 109 Å². The zero-order chi connectivity index (χ0) is 30.2. The molecule has 0 fully saturated rings. The van der Waals surface area contributed by atoms with Crippen LogP contribution in [0, 0.1) is 5.92 Å². The summed E-state index contributed by atoms with van der Waals surface area (Å²) in [5.41, 5.74) is 1.14. The number of hydrogen-bond donors (Lipinski definition) is 2. The van der Waals surface area contributed by atoms with Crippen LogP contribution in [0.5, 0.6) is 0 Å². The third-order valence-corrected chi connectivity index (χ3v) is 8.58. The highest BCUT2D eigenvalue weighted by Gasteiger charge is 2.30. The van der Waals surface area contributed by atoms with Crippen LogP contribution in [-0.4, -0.2) is 68.5 Å².